The van der Waals surface area contributed by atoms with E-state index in [0.29, 0.717) is 27.1 Å². The molecular formula is C24H22Cl2N2O3. The lowest BCUT2D eigenvalue weighted by Crippen LogP contribution is -2.38. The number of hydrogen-bond acceptors (Lipinski definition) is 3. The van der Waals surface area contributed by atoms with Crippen LogP contribution in [0, 0.1) is 6.92 Å². The minimum Gasteiger partial charge on any atom is -0.457 e. The Bertz CT molecular complexity index is 1130. The van der Waals surface area contributed by atoms with Gasteiger partial charge >= 0.3 is 0 Å². The molecule has 0 saturated carbocycles. The zero-order chi connectivity index (χ0) is 22.5. The Balaban J connectivity index is 1.89. The minimum atomic E-state index is -0.414. The Morgan fingerprint density at radius 1 is 0.968 bits per heavy atom. The monoisotopic (exact) mass is 456 g/mol. The Hall–Kier alpha value is -3.02. The van der Waals surface area contributed by atoms with Gasteiger partial charge in [-0.1, -0.05) is 40.9 Å². The van der Waals surface area contributed by atoms with Crippen LogP contribution in [0.25, 0.3) is 17.4 Å². The molecule has 3 rings (SSSR count). The lowest BCUT2D eigenvalue weighted by atomic mass is 10.1. The molecule has 0 spiro atoms. The van der Waals surface area contributed by atoms with Crippen molar-refractivity contribution in [2.75, 3.05) is 0 Å². The Labute approximate surface area is 191 Å². The van der Waals surface area contributed by atoms with E-state index in [1.165, 1.54) is 6.08 Å². The van der Waals surface area contributed by atoms with Crippen molar-refractivity contribution in [3.63, 3.8) is 0 Å². The Kier molecular flexibility index (Phi) is 7.21. The lowest BCUT2D eigenvalue weighted by Gasteiger charge is -2.13. The number of carbonyl (C=O) groups excluding carboxylic acids is 2. The first-order valence-electron chi connectivity index (χ1n) is 9.69. The molecule has 0 unspecified atom stereocenters. The van der Waals surface area contributed by atoms with Gasteiger partial charge in [0.1, 0.15) is 17.2 Å². The van der Waals surface area contributed by atoms with Crippen molar-refractivity contribution in [2.24, 2.45) is 0 Å². The maximum Gasteiger partial charge on any atom is 0.268 e. The third-order valence-corrected chi connectivity index (χ3v) is 5.08. The van der Waals surface area contributed by atoms with Gasteiger partial charge in [0.25, 0.3) is 11.8 Å². The molecule has 1 aromatic heterocycles. The quantitative estimate of drug-likeness (QED) is 0.456. The molecule has 0 saturated heterocycles. The van der Waals surface area contributed by atoms with Crippen molar-refractivity contribution in [1.82, 2.24) is 10.6 Å². The second kappa shape index (κ2) is 9.86. The van der Waals surface area contributed by atoms with Crippen LogP contribution in [-0.2, 0) is 4.79 Å². The zero-order valence-corrected chi connectivity index (χ0v) is 18.8. The lowest BCUT2D eigenvalue weighted by molar-refractivity contribution is -0.118. The van der Waals surface area contributed by atoms with Crippen LogP contribution in [-0.4, -0.2) is 17.9 Å². The van der Waals surface area contributed by atoms with Gasteiger partial charge in [-0.25, -0.2) is 0 Å². The Morgan fingerprint density at radius 3 is 2.32 bits per heavy atom. The van der Waals surface area contributed by atoms with Gasteiger partial charge in [-0.3, -0.25) is 9.59 Å². The molecule has 0 aliphatic carbocycles. The zero-order valence-electron chi connectivity index (χ0n) is 17.3. The summed E-state index contributed by atoms with van der Waals surface area (Å²) in [5, 5.41) is 6.33. The van der Waals surface area contributed by atoms with Gasteiger partial charge in [0, 0.05) is 23.2 Å². The number of carbonyl (C=O) groups is 2. The molecule has 0 radical (unpaired) electrons. The van der Waals surface area contributed by atoms with E-state index in [0.717, 1.165) is 11.1 Å². The summed E-state index contributed by atoms with van der Waals surface area (Å²) in [4.78, 5) is 25.3. The summed E-state index contributed by atoms with van der Waals surface area (Å²) in [7, 11) is 0. The number of nitrogens with one attached hydrogen (secondary N) is 2. The molecule has 2 N–H and O–H groups in total. The van der Waals surface area contributed by atoms with Gasteiger partial charge in [-0.2, -0.15) is 0 Å². The number of hydrogen-bond donors (Lipinski definition) is 2. The molecule has 3 aromatic rings. The summed E-state index contributed by atoms with van der Waals surface area (Å²) in [6.45, 7) is 5.62. The van der Waals surface area contributed by atoms with E-state index in [9.17, 15) is 9.59 Å². The van der Waals surface area contributed by atoms with E-state index in [1.807, 2.05) is 32.9 Å². The van der Waals surface area contributed by atoms with Gasteiger partial charge in [-0.15, -0.1) is 0 Å². The molecule has 0 aliphatic heterocycles. The molecule has 2 aromatic carbocycles. The van der Waals surface area contributed by atoms with E-state index < -0.39 is 5.91 Å². The first kappa shape index (κ1) is 22.7. The van der Waals surface area contributed by atoms with Gasteiger partial charge in [0.05, 0.1) is 10.0 Å². The first-order valence-corrected chi connectivity index (χ1v) is 10.4. The van der Waals surface area contributed by atoms with Crippen LogP contribution in [0.5, 0.6) is 0 Å². The summed E-state index contributed by atoms with van der Waals surface area (Å²) in [5.74, 6) is 0.154. The first-order chi connectivity index (χ1) is 14.7. The molecule has 2 amide bonds. The summed E-state index contributed by atoms with van der Waals surface area (Å²) < 4.78 is 5.84. The van der Waals surface area contributed by atoms with Gasteiger partial charge in [0.2, 0.25) is 0 Å². The number of amides is 2. The smallest absolute Gasteiger partial charge is 0.268 e. The van der Waals surface area contributed by atoms with Crippen LogP contribution in [0.15, 0.2) is 64.7 Å². The van der Waals surface area contributed by atoms with Gasteiger partial charge < -0.3 is 15.1 Å². The van der Waals surface area contributed by atoms with Crippen molar-refractivity contribution in [2.45, 2.75) is 26.8 Å². The molecule has 7 heteroatoms. The summed E-state index contributed by atoms with van der Waals surface area (Å²) in [6, 6.07) is 15.6. The average molecular weight is 457 g/mol. The molecule has 0 fully saturated rings. The van der Waals surface area contributed by atoms with E-state index in [1.54, 1.807) is 42.5 Å². The number of rotatable bonds is 6. The van der Waals surface area contributed by atoms with Crippen LogP contribution in [0.4, 0.5) is 0 Å². The molecule has 0 bridgehead atoms. The third-order valence-electron chi connectivity index (χ3n) is 4.34. The highest BCUT2D eigenvalue weighted by atomic mass is 35.5. The highest BCUT2D eigenvalue weighted by Gasteiger charge is 2.16. The van der Waals surface area contributed by atoms with Crippen LogP contribution < -0.4 is 10.6 Å². The van der Waals surface area contributed by atoms with Gasteiger partial charge in [-0.05, 0) is 63.2 Å². The normalized spacial score (nSPS) is 11.5. The highest BCUT2D eigenvalue weighted by Crippen LogP contribution is 2.30. The molecular weight excluding hydrogens is 435 g/mol. The average Bonchev–Trinajstić information content (AvgIpc) is 3.18. The maximum absolute atomic E-state index is 12.7. The van der Waals surface area contributed by atoms with Gasteiger partial charge in [0.15, 0.2) is 0 Å². The molecule has 0 aliphatic rings. The summed E-state index contributed by atoms with van der Waals surface area (Å²) in [6.07, 6.45) is 1.49. The number of aryl methyl sites for hydroxylation is 1. The minimum absolute atomic E-state index is 0.0781. The third kappa shape index (κ3) is 6.00. The van der Waals surface area contributed by atoms with E-state index in [2.05, 4.69) is 10.6 Å². The predicted molar refractivity (Wildman–Crippen MR) is 124 cm³/mol. The maximum atomic E-state index is 12.7. The summed E-state index contributed by atoms with van der Waals surface area (Å²) >= 11 is 12.1. The van der Waals surface area contributed by atoms with Crippen molar-refractivity contribution in [3.05, 3.63) is 87.2 Å². The van der Waals surface area contributed by atoms with E-state index in [4.69, 9.17) is 27.6 Å². The van der Waals surface area contributed by atoms with Crippen molar-refractivity contribution in [1.29, 1.82) is 0 Å². The second-order valence-electron chi connectivity index (χ2n) is 7.34. The van der Waals surface area contributed by atoms with Crippen molar-refractivity contribution >= 4 is 41.1 Å². The number of benzene rings is 2. The topological polar surface area (TPSA) is 71.3 Å². The van der Waals surface area contributed by atoms with Crippen molar-refractivity contribution < 1.29 is 14.0 Å². The van der Waals surface area contributed by atoms with Crippen molar-refractivity contribution in [3.8, 4) is 11.3 Å². The fourth-order valence-electron chi connectivity index (χ4n) is 2.77. The SMILES string of the molecule is Cc1ccc(C(=O)N/C(=C\c2ccc(-c3ccc(Cl)c(Cl)c3)o2)C(=O)NC(C)C)cc1. The van der Waals surface area contributed by atoms with Crippen LogP contribution in [0.2, 0.25) is 10.0 Å². The molecule has 5 nitrogen and oxygen atoms in total. The highest BCUT2D eigenvalue weighted by molar-refractivity contribution is 6.42. The largest absolute Gasteiger partial charge is 0.457 e. The molecule has 160 valence electrons. The number of furan rings is 1. The fraction of sp³-hybridized carbons (Fsp3) is 0.167. The summed E-state index contributed by atoms with van der Waals surface area (Å²) in [5.41, 5.74) is 2.31. The van der Waals surface area contributed by atoms with Crippen LogP contribution in [0.1, 0.15) is 35.5 Å². The van der Waals surface area contributed by atoms with Crippen LogP contribution in [0.3, 0.4) is 0 Å². The molecule has 31 heavy (non-hydrogen) atoms. The predicted octanol–water partition coefficient (Wildman–Crippen LogP) is 5.86. The number of halogens is 2. The standard InChI is InChI=1S/C24H22Cl2N2O3/c1-14(2)27-24(30)21(28-23(29)16-6-4-15(3)5-7-16)13-18-9-11-22(31-18)17-8-10-19(25)20(26)12-17/h4-14H,1-3H3,(H,27,30)(H,28,29)/b21-13-. The Morgan fingerprint density at radius 2 is 1.68 bits per heavy atom. The van der Waals surface area contributed by atoms with Crippen LogP contribution >= 0.6 is 23.2 Å². The molecule has 0 atom stereocenters. The van der Waals surface area contributed by atoms with E-state index in [-0.39, 0.29) is 17.6 Å². The van der Waals surface area contributed by atoms with E-state index >= 15 is 0 Å². The fourth-order valence-corrected chi connectivity index (χ4v) is 3.07. The molecule has 1 heterocycles. The second-order valence-corrected chi connectivity index (χ2v) is 8.15.